The first-order valence-electron chi connectivity index (χ1n) is 9.31. The van der Waals surface area contributed by atoms with Crippen molar-refractivity contribution >= 4 is 23.3 Å². The lowest BCUT2D eigenvalue weighted by Gasteiger charge is -2.30. The molecule has 9 nitrogen and oxygen atoms in total. The number of nitrogens with two attached hydrogens (primary N) is 1. The Labute approximate surface area is 153 Å². The second kappa shape index (κ2) is 6.15. The zero-order chi connectivity index (χ0) is 18.9. The summed E-state index contributed by atoms with van der Waals surface area (Å²) in [6.45, 7) is -0.166. The molecule has 5 N–H and O–H groups in total. The van der Waals surface area contributed by atoms with Gasteiger partial charge >= 0.3 is 13.1 Å². The van der Waals surface area contributed by atoms with E-state index in [1.807, 2.05) is 0 Å². The summed E-state index contributed by atoms with van der Waals surface area (Å²) < 4.78 is 29.3. The van der Waals surface area contributed by atoms with Gasteiger partial charge in [-0.1, -0.05) is 6.42 Å². The van der Waals surface area contributed by atoms with Crippen LogP contribution in [-0.2, 0) is 15.0 Å². The lowest BCUT2D eigenvalue weighted by molar-refractivity contribution is -0.144. The fourth-order valence-corrected chi connectivity index (χ4v) is 7.12. The second-order valence-corrected chi connectivity index (χ2v) is 10.3. The summed E-state index contributed by atoms with van der Waals surface area (Å²) in [5.74, 6) is -0.847. The zero-order valence-corrected chi connectivity index (χ0v) is 15.4. The van der Waals surface area contributed by atoms with Gasteiger partial charge in [0.1, 0.15) is 5.54 Å². The second-order valence-electron chi connectivity index (χ2n) is 8.45. The lowest BCUT2D eigenvalue weighted by Crippen LogP contribution is -2.56. The Morgan fingerprint density at radius 2 is 1.81 bits per heavy atom. The van der Waals surface area contributed by atoms with E-state index in [0.717, 1.165) is 19.3 Å². The van der Waals surface area contributed by atoms with E-state index < -0.39 is 34.8 Å². The van der Waals surface area contributed by atoms with Crippen LogP contribution in [0.2, 0.25) is 6.32 Å². The van der Waals surface area contributed by atoms with Gasteiger partial charge in [-0.25, -0.2) is 0 Å². The highest BCUT2D eigenvalue weighted by Crippen LogP contribution is 2.58. The molecule has 0 aromatic carbocycles. The third kappa shape index (κ3) is 2.98. The molecule has 2 heterocycles. The molecule has 2 saturated heterocycles. The van der Waals surface area contributed by atoms with Crippen molar-refractivity contribution < 1.29 is 28.4 Å². The molecule has 0 aromatic heterocycles. The summed E-state index contributed by atoms with van der Waals surface area (Å²) in [4.78, 5) is 11.8. The number of piperidine rings is 1. The van der Waals surface area contributed by atoms with E-state index >= 15 is 0 Å². The summed E-state index contributed by atoms with van der Waals surface area (Å²) in [5, 5.41) is 27.6. The average Bonchev–Trinajstić information content (AvgIpc) is 3.43. The Balaban J connectivity index is 1.51. The smallest absolute Gasteiger partial charge is 0.451 e. The number of nitrogens with zero attached hydrogens (tertiary/aromatic N) is 2. The quantitative estimate of drug-likeness (QED) is 0.397. The normalized spacial score (nSPS) is 42.2. The average molecular weight is 387 g/mol. The molecule has 6 atom stereocenters. The molecule has 0 radical (unpaired) electrons. The van der Waals surface area contributed by atoms with Gasteiger partial charge in [0.25, 0.3) is 10.2 Å². The standard InChI is InChI=1S/C15H26BN3O6S/c17-15(14(20)21)8-18(7-11(15)2-1-3-16(22)23)26(24,25)19-12-5-9(12)4-10-6-13(10)19/h9-13,22-23H,1-8,17H2,(H,20,21)/t9-,10-,11+,12+,13?,15+/m1/s1. The summed E-state index contributed by atoms with van der Waals surface area (Å²) in [5.41, 5.74) is 4.48. The lowest BCUT2D eigenvalue weighted by atomic mass is 9.78. The maximum absolute atomic E-state index is 13.2. The van der Waals surface area contributed by atoms with E-state index in [1.165, 1.54) is 4.31 Å². The van der Waals surface area contributed by atoms with Crippen molar-refractivity contribution in [1.29, 1.82) is 0 Å². The van der Waals surface area contributed by atoms with Gasteiger partial charge in [0.05, 0.1) is 0 Å². The molecule has 2 saturated carbocycles. The van der Waals surface area contributed by atoms with Gasteiger partial charge in [0.2, 0.25) is 0 Å². The van der Waals surface area contributed by atoms with Crippen molar-refractivity contribution in [2.45, 2.75) is 56.0 Å². The van der Waals surface area contributed by atoms with Crippen LogP contribution >= 0.6 is 0 Å². The highest BCUT2D eigenvalue weighted by atomic mass is 32.2. The van der Waals surface area contributed by atoms with Gasteiger partial charge in [0.15, 0.2) is 0 Å². The Bertz CT molecular complexity index is 689. The first-order chi connectivity index (χ1) is 12.1. The van der Waals surface area contributed by atoms with Gasteiger partial charge in [-0.3, -0.25) is 4.79 Å². The van der Waals surface area contributed by atoms with Gasteiger partial charge in [-0.15, -0.1) is 0 Å². The Kier molecular flexibility index (Phi) is 4.41. The number of hydrogen-bond donors (Lipinski definition) is 4. The van der Waals surface area contributed by atoms with E-state index in [4.69, 9.17) is 15.8 Å². The van der Waals surface area contributed by atoms with Crippen molar-refractivity contribution in [3.8, 4) is 0 Å². The predicted molar refractivity (Wildman–Crippen MR) is 93.0 cm³/mol. The molecular weight excluding hydrogens is 361 g/mol. The van der Waals surface area contributed by atoms with Crippen molar-refractivity contribution in [3.05, 3.63) is 0 Å². The monoisotopic (exact) mass is 387 g/mol. The Morgan fingerprint density at radius 1 is 1.19 bits per heavy atom. The van der Waals surface area contributed by atoms with Gasteiger partial charge in [-0.2, -0.15) is 17.0 Å². The SMILES string of the molecule is N[C@@]1(C(=O)O)CN(S(=O)(=O)N2C3C[C@H]3C[C@@H]3C[C@@H]32)C[C@@H]1CCCB(O)O. The Hall–Kier alpha value is -0.715. The maximum Gasteiger partial charge on any atom is 0.451 e. The third-order valence-corrected chi connectivity index (χ3v) is 8.63. The summed E-state index contributed by atoms with van der Waals surface area (Å²) in [6, 6.07) is 0.147. The van der Waals surface area contributed by atoms with Crippen LogP contribution in [0.4, 0.5) is 0 Å². The molecular formula is C15H26BN3O6S. The largest absolute Gasteiger partial charge is 0.480 e. The fraction of sp³-hybridized carbons (Fsp3) is 0.933. The highest BCUT2D eigenvalue weighted by Gasteiger charge is 2.64. The molecule has 2 aliphatic heterocycles. The maximum atomic E-state index is 13.2. The number of carboxylic acids is 1. The molecule has 0 bridgehead atoms. The Morgan fingerprint density at radius 3 is 2.35 bits per heavy atom. The number of aliphatic carboxylic acids is 1. The van der Waals surface area contributed by atoms with E-state index in [-0.39, 0.29) is 31.5 Å². The van der Waals surface area contributed by atoms with Gasteiger partial charge in [-0.05, 0) is 43.8 Å². The topological polar surface area (TPSA) is 144 Å². The van der Waals surface area contributed by atoms with Crippen LogP contribution < -0.4 is 5.73 Å². The number of fused-ring (bicyclic) bond motifs is 2. The molecule has 4 rings (SSSR count). The minimum Gasteiger partial charge on any atom is -0.480 e. The molecule has 1 unspecified atom stereocenters. The number of carbonyl (C=O) groups is 1. The van der Waals surface area contributed by atoms with E-state index in [1.54, 1.807) is 4.31 Å². The van der Waals surface area contributed by atoms with Crippen LogP contribution in [0.5, 0.6) is 0 Å². The van der Waals surface area contributed by atoms with Crippen molar-refractivity contribution in [3.63, 3.8) is 0 Å². The van der Waals surface area contributed by atoms with E-state index in [0.29, 0.717) is 24.7 Å². The van der Waals surface area contributed by atoms with Crippen LogP contribution in [0.3, 0.4) is 0 Å². The van der Waals surface area contributed by atoms with Crippen molar-refractivity contribution in [1.82, 2.24) is 8.61 Å². The van der Waals surface area contributed by atoms with Crippen molar-refractivity contribution in [2.75, 3.05) is 13.1 Å². The molecule has 0 aromatic rings. The molecule has 11 heteroatoms. The van der Waals surface area contributed by atoms with Crippen LogP contribution in [-0.4, -0.2) is 76.0 Å². The van der Waals surface area contributed by atoms with E-state index in [9.17, 15) is 18.3 Å². The number of rotatable bonds is 7. The molecule has 4 aliphatic rings. The molecule has 0 amide bonds. The third-order valence-electron chi connectivity index (χ3n) is 6.63. The molecule has 146 valence electrons. The molecule has 2 aliphatic carbocycles. The first kappa shape index (κ1) is 18.6. The first-order valence-corrected chi connectivity index (χ1v) is 10.7. The van der Waals surface area contributed by atoms with Crippen LogP contribution in [0.1, 0.15) is 32.1 Å². The molecule has 4 fully saturated rings. The zero-order valence-electron chi connectivity index (χ0n) is 14.6. The van der Waals surface area contributed by atoms with Crippen LogP contribution in [0, 0.1) is 17.8 Å². The summed E-state index contributed by atoms with van der Waals surface area (Å²) in [7, 11) is -5.19. The van der Waals surface area contributed by atoms with Crippen LogP contribution in [0.15, 0.2) is 0 Å². The highest BCUT2D eigenvalue weighted by molar-refractivity contribution is 7.86. The number of carboxylic acid groups (broad SMARTS) is 1. The predicted octanol–water partition coefficient (Wildman–Crippen LogP) is -1.32. The molecule has 0 spiro atoms. The van der Waals surface area contributed by atoms with Gasteiger partial charge in [0, 0.05) is 31.1 Å². The summed E-state index contributed by atoms with van der Waals surface area (Å²) >= 11 is 0. The fourth-order valence-electron chi connectivity index (χ4n) is 4.91. The summed E-state index contributed by atoms with van der Waals surface area (Å²) in [6.07, 6.45) is 3.75. The van der Waals surface area contributed by atoms with Crippen molar-refractivity contribution in [2.24, 2.45) is 23.5 Å². The minimum absolute atomic E-state index is 0.0674. The van der Waals surface area contributed by atoms with E-state index in [2.05, 4.69) is 0 Å². The molecule has 26 heavy (non-hydrogen) atoms. The number of hydrogen-bond acceptors (Lipinski definition) is 6. The minimum atomic E-state index is -3.73. The van der Waals surface area contributed by atoms with Crippen LogP contribution in [0.25, 0.3) is 0 Å². The van der Waals surface area contributed by atoms with Gasteiger partial charge < -0.3 is 20.9 Å².